The first-order chi connectivity index (χ1) is 7.18. The predicted molar refractivity (Wildman–Crippen MR) is 70.7 cm³/mol. The molecule has 0 aromatic heterocycles. The smallest absolute Gasteiger partial charge is 0.138 e. The summed E-state index contributed by atoms with van der Waals surface area (Å²) < 4.78 is 0.941. The highest BCUT2D eigenvalue weighted by Crippen LogP contribution is 2.33. The lowest BCUT2D eigenvalue weighted by molar-refractivity contribution is 0.190. The third kappa shape index (κ3) is 1.86. The van der Waals surface area contributed by atoms with Crippen molar-refractivity contribution in [2.75, 3.05) is 12.3 Å². The monoisotopic (exact) mass is 240 g/mol. The van der Waals surface area contributed by atoms with Gasteiger partial charge in [0, 0.05) is 18.2 Å². The second kappa shape index (κ2) is 4.28. The fourth-order valence-electron chi connectivity index (χ4n) is 2.18. The fraction of sp³-hybridized carbons (Fsp3) is 0.545. The van der Waals surface area contributed by atoms with Crippen LogP contribution in [-0.2, 0) is 0 Å². The highest BCUT2D eigenvalue weighted by Gasteiger charge is 2.40. The largest absolute Gasteiger partial charge is 0.335 e. The minimum Gasteiger partial charge on any atom is -0.335 e. The van der Waals surface area contributed by atoms with Crippen LogP contribution in [0.1, 0.15) is 13.3 Å². The molecule has 0 saturated carbocycles. The molecule has 1 aliphatic heterocycles. The van der Waals surface area contributed by atoms with Gasteiger partial charge in [-0.15, -0.1) is 0 Å². The lowest BCUT2D eigenvalue weighted by Gasteiger charge is -2.42. The summed E-state index contributed by atoms with van der Waals surface area (Å²) in [5.41, 5.74) is 6.10. The zero-order valence-corrected chi connectivity index (χ0v) is 10.5. The van der Waals surface area contributed by atoms with Crippen LogP contribution in [0.5, 0.6) is 0 Å². The highest BCUT2D eigenvalue weighted by atomic mass is 32.2. The van der Waals surface area contributed by atoms with Crippen molar-refractivity contribution in [1.82, 2.24) is 4.90 Å². The number of nitrogens with two attached hydrogens (primary N) is 1. The molecule has 4 heteroatoms. The Morgan fingerprint density at radius 1 is 1.67 bits per heavy atom. The Balaban J connectivity index is 2.27. The summed E-state index contributed by atoms with van der Waals surface area (Å²) in [6.07, 6.45) is 9.41. The second-order valence-corrected chi connectivity index (χ2v) is 5.64. The third-order valence-electron chi connectivity index (χ3n) is 3.08. The molecule has 0 aromatic carbocycles. The maximum atomic E-state index is 6.50. The Labute approximate surface area is 101 Å². The number of thioether (sulfide) groups is 1. The molecule has 2 aliphatic rings. The van der Waals surface area contributed by atoms with E-state index in [4.69, 9.17) is 18.0 Å². The first-order valence-corrected chi connectivity index (χ1v) is 6.67. The molecule has 15 heavy (non-hydrogen) atoms. The van der Waals surface area contributed by atoms with E-state index >= 15 is 0 Å². The van der Waals surface area contributed by atoms with Gasteiger partial charge >= 0.3 is 0 Å². The molecule has 1 saturated heterocycles. The summed E-state index contributed by atoms with van der Waals surface area (Å²) in [6, 6.07) is 0. The molecular formula is C11H16N2S2. The summed E-state index contributed by atoms with van der Waals surface area (Å²) in [4.78, 5) is 2.17. The third-order valence-corrected chi connectivity index (χ3v) is 4.51. The van der Waals surface area contributed by atoms with Crippen LogP contribution in [0.2, 0.25) is 0 Å². The Morgan fingerprint density at radius 3 is 3.07 bits per heavy atom. The van der Waals surface area contributed by atoms with Crippen molar-refractivity contribution in [2.24, 2.45) is 11.7 Å². The number of rotatable bonds is 2. The summed E-state index contributed by atoms with van der Waals surface area (Å²) in [5, 5.41) is 0. The van der Waals surface area contributed by atoms with Gasteiger partial charge in [0.25, 0.3) is 0 Å². The summed E-state index contributed by atoms with van der Waals surface area (Å²) in [5.74, 6) is 1.42. The molecule has 2 rings (SSSR count). The van der Waals surface area contributed by atoms with E-state index in [0.717, 1.165) is 23.0 Å². The van der Waals surface area contributed by atoms with Crippen LogP contribution in [0.3, 0.4) is 0 Å². The zero-order chi connectivity index (χ0) is 10.9. The van der Waals surface area contributed by atoms with Crippen molar-refractivity contribution in [1.29, 1.82) is 0 Å². The Bertz CT molecular complexity index is 325. The maximum Gasteiger partial charge on any atom is 0.138 e. The molecular weight excluding hydrogens is 224 g/mol. The topological polar surface area (TPSA) is 29.3 Å². The molecule has 0 amide bonds. The predicted octanol–water partition coefficient (Wildman–Crippen LogP) is 2.13. The molecule has 1 aliphatic carbocycles. The maximum absolute atomic E-state index is 6.50. The number of hydrogen-bond donors (Lipinski definition) is 1. The van der Waals surface area contributed by atoms with Gasteiger partial charge in [-0.1, -0.05) is 49.1 Å². The highest BCUT2D eigenvalue weighted by molar-refractivity contribution is 8.23. The molecule has 2 N–H and O–H groups in total. The molecule has 2 atom stereocenters. The zero-order valence-electron chi connectivity index (χ0n) is 8.85. The van der Waals surface area contributed by atoms with Gasteiger partial charge < -0.3 is 10.6 Å². The van der Waals surface area contributed by atoms with E-state index in [-0.39, 0.29) is 0 Å². The van der Waals surface area contributed by atoms with Gasteiger partial charge in [0.15, 0.2) is 0 Å². The van der Waals surface area contributed by atoms with Crippen molar-refractivity contribution in [3.63, 3.8) is 0 Å². The molecule has 82 valence electrons. The van der Waals surface area contributed by atoms with Gasteiger partial charge in [-0.25, -0.2) is 0 Å². The SMILES string of the molecule is CCC1C=CC=CC1(N)N1CCSC1=S. The molecule has 2 nitrogen and oxygen atoms in total. The first kappa shape index (κ1) is 11.2. The van der Waals surface area contributed by atoms with E-state index < -0.39 is 5.66 Å². The van der Waals surface area contributed by atoms with E-state index in [0.29, 0.717) is 5.92 Å². The molecule has 1 heterocycles. The summed E-state index contributed by atoms with van der Waals surface area (Å²) in [6.45, 7) is 3.14. The normalized spacial score (nSPS) is 35.2. The van der Waals surface area contributed by atoms with Gasteiger partial charge in [-0.3, -0.25) is 0 Å². The van der Waals surface area contributed by atoms with Gasteiger partial charge in [0.1, 0.15) is 9.98 Å². The van der Waals surface area contributed by atoms with Gasteiger partial charge in [0.05, 0.1) is 0 Å². The Hall–Kier alpha value is -0.320. The van der Waals surface area contributed by atoms with Crippen LogP contribution >= 0.6 is 24.0 Å². The minimum absolute atomic E-state index is 0.360. The summed E-state index contributed by atoms with van der Waals surface area (Å²) >= 11 is 7.07. The second-order valence-electron chi connectivity index (χ2n) is 3.91. The quantitative estimate of drug-likeness (QED) is 0.749. The van der Waals surface area contributed by atoms with E-state index in [2.05, 4.69) is 30.1 Å². The van der Waals surface area contributed by atoms with E-state index in [1.807, 2.05) is 6.08 Å². The Morgan fingerprint density at radius 2 is 2.47 bits per heavy atom. The van der Waals surface area contributed by atoms with E-state index in [9.17, 15) is 0 Å². The number of allylic oxidation sites excluding steroid dienone is 2. The molecule has 0 spiro atoms. The molecule has 2 unspecified atom stereocenters. The van der Waals surface area contributed by atoms with Crippen LogP contribution in [0.4, 0.5) is 0 Å². The fourth-order valence-corrected chi connectivity index (χ4v) is 3.54. The summed E-state index contributed by atoms with van der Waals surface area (Å²) in [7, 11) is 0. The van der Waals surface area contributed by atoms with Crippen molar-refractivity contribution in [3.8, 4) is 0 Å². The number of nitrogens with zero attached hydrogens (tertiary/aromatic N) is 1. The average Bonchev–Trinajstić information content (AvgIpc) is 2.66. The average molecular weight is 240 g/mol. The van der Waals surface area contributed by atoms with E-state index in [1.165, 1.54) is 0 Å². The van der Waals surface area contributed by atoms with Gasteiger partial charge in [-0.2, -0.15) is 0 Å². The van der Waals surface area contributed by atoms with Crippen LogP contribution in [0.25, 0.3) is 0 Å². The standard InChI is InChI=1S/C11H16N2S2/c1-2-9-5-3-4-6-11(9,12)13-7-8-15-10(13)14/h3-6,9H,2,7-8,12H2,1H3. The minimum atomic E-state index is -0.399. The first-order valence-electron chi connectivity index (χ1n) is 5.28. The van der Waals surface area contributed by atoms with Gasteiger partial charge in [-0.05, 0) is 12.5 Å². The van der Waals surface area contributed by atoms with Crippen LogP contribution in [-0.4, -0.2) is 27.2 Å². The lowest BCUT2D eigenvalue weighted by Crippen LogP contribution is -2.59. The van der Waals surface area contributed by atoms with Crippen LogP contribution in [0, 0.1) is 5.92 Å². The Kier molecular flexibility index (Phi) is 3.19. The molecule has 1 fully saturated rings. The van der Waals surface area contributed by atoms with Crippen molar-refractivity contribution >= 4 is 28.3 Å². The van der Waals surface area contributed by atoms with Gasteiger partial charge in [0.2, 0.25) is 0 Å². The molecule has 0 radical (unpaired) electrons. The van der Waals surface area contributed by atoms with Crippen molar-refractivity contribution in [2.45, 2.75) is 19.0 Å². The van der Waals surface area contributed by atoms with Crippen molar-refractivity contribution < 1.29 is 0 Å². The van der Waals surface area contributed by atoms with Crippen molar-refractivity contribution in [3.05, 3.63) is 24.3 Å². The molecule has 0 bridgehead atoms. The van der Waals surface area contributed by atoms with E-state index in [1.54, 1.807) is 11.8 Å². The molecule has 0 aromatic rings. The number of hydrogen-bond acceptors (Lipinski definition) is 3. The van der Waals surface area contributed by atoms with Crippen LogP contribution < -0.4 is 5.73 Å². The van der Waals surface area contributed by atoms with Crippen LogP contribution in [0.15, 0.2) is 24.3 Å². The lowest BCUT2D eigenvalue weighted by atomic mass is 9.86. The number of thiocarbonyl (C=S) groups is 1.